The Bertz CT molecular complexity index is 755. The summed E-state index contributed by atoms with van der Waals surface area (Å²) in [5, 5.41) is 2.70. The molecule has 2 aromatic carbocycles. The Morgan fingerprint density at radius 1 is 1.17 bits per heavy atom. The van der Waals surface area contributed by atoms with Gasteiger partial charge in [0.2, 0.25) is 5.91 Å². The average Bonchev–Trinajstić information content (AvgIpc) is 2.53. The van der Waals surface area contributed by atoms with Crippen molar-refractivity contribution in [1.82, 2.24) is 0 Å². The smallest absolute Gasteiger partial charge is 0.416 e. The quantitative estimate of drug-likeness (QED) is 0.782. The summed E-state index contributed by atoms with van der Waals surface area (Å²) in [5.74, 6) is 0.146. The predicted molar refractivity (Wildman–Crippen MR) is 87.1 cm³/mol. The monoisotopic (exact) mass is 355 g/mol. The second-order valence-electron chi connectivity index (χ2n) is 4.79. The van der Waals surface area contributed by atoms with Crippen LogP contribution in [0.5, 0.6) is 5.75 Å². The molecule has 0 aromatic heterocycles. The zero-order valence-electron chi connectivity index (χ0n) is 12.5. The van der Waals surface area contributed by atoms with Crippen LogP contribution < -0.4 is 10.1 Å². The molecule has 0 radical (unpaired) electrons. The van der Waals surface area contributed by atoms with Crippen molar-refractivity contribution >= 4 is 29.3 Å². The molecule has 0 bridgehead atoms. The minimum absolute atomic E-state index is 0.108. The average molecular weight is 356 g/mol. The number of nitrogens with one attached hydrogen (secondary N) is 1. The first kappa shape index (κ1) is 17.9. The third kappa shape index (κ3) is 4.76. The van der Waals surface area contributed by atoms with E-state index in [1.54, 1.807) is 24.3 Å². The van der Waals surface area contributed by atoms with Gasteiger partial charge in [-0.3, -0.25) is 4.79 Å². The number of rotatable bonds is 4. The number of halogens is 4. The van der Waals surface area contributed by atoms with E-state index in [1.165, 1.54) is 13.2 Å². The molecule has 126 valence electrons. The minimum Gasteiger partial charge on any atom is -0.497 e. The minimum atomic E-state index is -4.47. The van der Waals surface area contributed by atoms with Crippen LogP contribution >= 0.6 is 11.6 Å². The lowest BCUT2D eigenvalue weighted by Crippen LogP contribution is -2.08. The Labute approximate surface area is 141 Å². The molecule has 0 aliphatic heterocycles. The van der Waals surface area contributed by atoms with Gasteiger partial charge in [0.25, 0.3) is 0 Å². The van der Waals surface area contributed by atoms with E-state index in [0.717, 1.165) is 24.3 Å². The normalized spacial score (nSPS) is 11.5. The van der Waals surface area contributed by atoms with Gasteiger partial charge in [-0.25, -0.2) is 0 Å². The van der Waals surface area contributed by atoms with Crippen molar-refractivity contribution in [2.45, 2.75) is 6.18 Å². The van der Waals surface area contributed by atoms with Crippen LogP contribution in [-0.2, 0) is 11.0 Å². The van der Waals surface area contributed by atoms with Crippen molar-refractivity contribution in [1.29, 1.82) is 0 Å². The molecule has 0 aliphatic rings. The number of hydrogen-bond acceptors (Lipinski definition) is 2. The fourth-order valence-electron chi connectivity index (χ4n) is 1.87. The summed E-state index contributed by atoms with van der Waals surface area (Å²) in [6.07, 6.45) is -2.12. The highest BCUT2D eigenvalue weighted by atomic mass is 35.5. The largest absolute Gasteiger partial charge is 0.497 e. The number of benzene rings is 2. The van der Waals surface area contributed by atoms with E-state index in [-0.39, 0.29) is 10.6 Å². The van der Waals surface area contributed by atoms with Gasteiger partial charge in [0.1, 0.15) is 5.75 Å². The second kappa shape index (κ2) is 7.40. The van der Waals surface area contributed by atoms with E-state index >= 15 is 0 Å². The fourth-order valence-corrected chi connectivity index (χ4v) is 2.05. The summed E-state index contributed by atoms with van der Waals surface area (Å²) in [6.45, 7) is 0. The summed E-state index contributed by atoms with van der Waals surface area (Å²) in [6, 6.07) is 9.54. The van der Waals surface area contributed by atoms with Crippen LogP contribution in [0.1, 0.15) is 11.1 Å². The third-order valence-electron chi connectivity index (χ3n) is 3.10. The molecule has 2 aromatic rings. The van der Waals surface area contributed by atoms with E-state index in [2.05, 4.69) is 5.32 Å². The summed E-state index contributed by atoms with van der Waals surface area (Å²) in [5.41, 5.74) is -0.195. The number of alkyl halides is 3. The van der Waals surface area contributed by atoms with Gasteiger partial charge in [-0.05, 0) is 54.1 Å². The van der Waals surface area contributed by atoms with Gasteiger partial charge in [0.05, 0.1) is 12.7 Å². The summed E-state index contributed by atoms with van der Waals surface area (Å²) < 4.78 is 43.1. The van der Waals surface area contributed by atoms with Gasteiger partial charge in [0.15, 0.2) is 0 Å². The lowest BCUT2D eigenvalue weighted by Gasteiger charge is -2.08. The van der Waals surface area contributed by atoms with Crippen molar-refractivity contribution in [2.24, 2.45) is 0 Å². The maximum Gasteiger partial charge on any atom is 0.416 e. The van der Waals surface area contributed by atoms with Gasteiger partial charge in [-0.1, -0.05) is 11.6 Å². The molecular formula is C17H13ClF3NO2. The molecule has 1 amide bonds. The molecule has 0 spiro atoms. The lowest BCUT2D eigenvalue weighted by molar-refractivity contribution is -0.137. The van der Waals surface area contributed by atoms with Gasteiger partial charge < -0.3 is 10.1 Å². The number of carbonyl (C=O) groups excluding carboxylic acids is 1. The molecule has 2 rings (SSSR count). The topological polar surface area (TPSA) is 38.3 Å². The number of methoxy groups -OCH3 is 1. The first-order valence-corrected chi connectivity index (χ1v) is 7.17. The highest BCUT2D eigenvalue weighted by molar-refractivity contribution is 6.32. The molecule has 7 heteroatoms. The van der Waals surface area contributed by atoms with Crippen molar-refractivity contribution in [3.63, 3.8) is 0 Å². The molecule has 0 fully saturated rings. The lowest BCUT2D eigenvalue weighted by atomic mass is 10.1. The van der Waals surface area contributed by atoms with Crippen LogP contribution in [0.2, 0.25) is 5.02 Å². The van der Waals surface area contributed by atoms with Crippen LogP contribution in [0.4, 0.5) is 18.9 Å². The van der Waals surface area contributed by atoms with Gasteiger partial charge in [-0.15, -0.1) is 0 Å². The van der Waals surface area contributed by atoms with Crippen molar-refractivity contribution in [2.75, 3.05) is 12.4 Å². The van der Waals surface area contributed by atoms with E-state index in [4.69, 9.17) is 16.3 Å². The number of carbonyl (C=O) groups is 1. The van der Waals surface area contributed by atoms with Gasteiger partial charge in [0, 0.05) is 16.8 Å². The van der Waals surface area contributed by atoms with Gasteiger partial charge in [-0.2, -0.15) is 13.2 Å². The van der Waals surface area contributed by atoms with Crippen LogP contribution in [0.15, 0.2) is 48.5 Å². The number of anilines is 1. The molecule has 24 heavy (non-hydrogen) atoms. The molecule has 1 N–H and O–H groups in total. The zero-order chi connectivity index (χ0) is 17.7. The molecule has 0 aliphatic carbocycles. The van der Waals surface area contributed by atoms with E-state index < -0.39 is 17.6 Å². The maximum absolute atomic E-state index is 12.7. The van der Waals surface area contributed by atoms with E-state index in [0.29, 0.717) is 11.4 Å². The van der Waals surface area contributed by atoms with Gasteiger partial charge >= 0.3 is 6.18 Å². The number of amides is 1. The number of hydrogen-bond donors (Lipinski definition) is 1. The van der Waals surface area contributed by atoms with E-state index in [9.17, 15) is 18.0 Å². The Hall–Kier alpha value is -2.47. The summed E-state index contributed by atoms with van der Waals surface area (Å²) in [7, 11) is 1.52. The molecule has 0 saturated heterocycles. The number of ether oxygens (including phenoxy) is 1. The SMILES string of the molecule is COc1ccc(NC(=O)/C=C/c2cc(C(F)(F)F)ccc2Cl)cc1. The van der Waals surface area contributed by atoms with Crippen molar-refractivity contribution < 1.29 is 22.7 Å². The molecule has 0 saturated carbocycles. The molecule has 0 atom stereocenters. The van der Waals surface area contributed by atoms with Crippen molar-refractivity contribution in [3.05, 3.63) is 64.7 Å². The highest BCUT2D eigenvalue weighted by Crippen LogP contribution is 2.32. The maximum atomic E-state index is 12.7. The van der Waals surface area contributed by atoms with Crippen LogP contribution in [0, 0.1) is 0 Å². The van der Waals surface area contributed by atoms with E-state index in [1.807, 2.05) is 0 Å². The third-order valence-corrected chi connectivity index (χ3v) is 3.44. The molecule has 0 unspecified atom stereocenters. The molecule has 0 heterocycles. The Morgan fingerprint density at radius 2 is 1.83 bits per heavy atom. The first-order valence-electron chi connectivity index (χ1n) is 6.79. The Kier molecular flexibility index (Phi) is 5.51. The highest BCUT2D eigenvalue weighted by Gasteiger charge is 2.30. The molecular weight excluding hydrogens is 343 g/mol. The Morgan fingerprint density at radius 3 is 2.42 bits per heavy atom. The predicted octanol–water partition coefficient (Wildman–Crippen LogP) is 5.02. The Balaban J connectivity index is 2.10. The summed E-state index contributed by atoms with van der Waals surface area (Å²) >= 11 is 5.86. The molecule has 3 nitrogen and oxygen atoms in total. The van der Waals surface area contributed by atoms with Crippen LogP contribution in [0.25, 0.3) is 6.08 Å². The fraction of sp³-hybridized carbons (Fsp3) is 0.118. The second-order valence-corrected chi connectivity index (χ2v) is 5.19. The first-order chi connectivity index (χ1) is 11.3. The van der Waals surface area contributed by atoms with Crippen LogP contribution in [-0.4, -0.2) is 13.0 Å². The van der Waals surface area contributed by atoms with Crippen molar-refractivity contribution in [3.8, 4) is 5.75 Å². The van der Waals surface area contributed by atoms with Crippen LogP contribution in [0.3, 0.4) is 0 Å². The zero-order valence-corrected chi connectivity index (χ0v) is 13.3. The standard InChI is InChI=1S/C17H13ClF3NO2/c1-24-14-6-4-13(5-7-14)22-16(23)9-2-11-10-12(17(19,20)21)3-8-15(11)18/h2-10H,1H3,(H,22,23)/b9-2+. The summed E-state index contributed by atoms with van der Waals surface area (Å²) in [4.78, 5) is 11.8.